The van der Waals surface area contributed by atoms with Crippen molar-refractivity contribution in [1.82, 2.24) is 9.80 Å². The van der Waals surface area contributed by atoms with Crippen molar-refractivity contribution in [2.75, 3.05) is 31.2 Å². The zero-order valence-corrected chi connectivity index (χ0v) is 16.3. The molecule has 0 radical (unpaired) electrons. The highest BCUT2D eigenvalue weighted by Gasteiger charge is 2.33. The Balaban J connectivity index is 2.04. The van der Waals surface area contributed by atoms with Gasteiger partial charge in [-0.25, -0.2) is 0 Å². The lowest BCUT2D eigenvalue weighted by Gasteiger charge is -2.26. The van der Waals surface area contributed by atoms with Crippen LogP contribution in [0, 0.1) is 5.92 Å². The van der Waals surface area contributed by atoms with Gasteiger partial charge in [0.2, 0.25) is 17.7 Å². The van der Waals surface area contributed by atoms with Gasteiger partial charge in [0.05, 0.1) is 6.54 Å². The molecule has 1 aromatic rings. The zero-order chi connectivity index (χ0) is 19.3. The number of halogens is 1. The van der Waals surface area contributed by atoms with Crippen LogP contribution >= 0.6 is 11.6 Å². The molecule has 0 spiro atoms. The van der Waals surface area contributed by atoms with Crippen molar-refractivity contribution in [1.29, 1.82) is 0 Å². The molecule has 0 bridgehead atoms. The van der Waals surface area contributed by atoms with Gasteiger partial charge in [-0.2, -0.15) is 0 Å². The maximum absolute atomic E-state index is 12.7. The van der Waals surface area contributed by atoms with Crippen LogP contribution in [-0.4, -0.2) is 53.8 Å². The fourth-order valence-electron chi connectivity index (χ4n) is 2.92. The van der Waals surface area contributed by atoms with E-state index < -0.39 is 0 Å². The molecule has 0 atom stereocenters. The van der Waals surface area contributed by atoms with E-state index >= 15 is 0 Å². The van der Waals surface area contributed by atoms with Crippen molar-refractivity contribution < 1.29 is 14.4 Å². The van der Waals surface area contributed by atoms with Crippen molar-refractivity contribution in [2.45, 2.75) is 33.6 Å². The monoisotopic (exact) mass is 379 g/mol. The predicted molar refractivity (Wildman–Crippen MR) is 102 cm³/mol. The van der Waals surface area contributed by atoms with E-state index in [4.69, 9.17) is 11.6 Å². The molecule has 1 saturated heterocycles. The summed E-state index contributed by atoms with van der Waals surface area (Å²) in [6.07, 6.45) is 1.17. The Morgan fingerprint density at radius 3 is 2.65 bits per heavy atom. The van der Waals surface area contributed by atoms with E-state index in [0.29, 0.717) is 23.7 Å². The number of carbonyl (C=O) groups excluding carboxylic acids is 3. The number of anilines is 1. The molecule has 0 aromatic heterocycles. The molecule has 7 heteroatoms. The molecule has 1 heterocycles. The number of amides is 3. The lowest BCUT2D eigenvalue weighted by atomic mass is 10.2. The highest BCUT2D eigenvalue weighted by molar-refractivity contribution is 6.31. The second-order valence-corrected chi connectivity index (χ2v) is 7.39. The first kappa shape index (κ1) is 20.2. The largest absolute Gasteiger partial charge is 0.333 e. The van der Waals surface area contributed by atoms with E-state index in [-0.39, 0.29) is 43.4 Å². The second kappa shape index (κ2) is 9.03. The number of hydrogen-bond donors (Lipinski definition) is 0. The third-order valence-corrected chi connectivity index (χ3v) is 4.38. The number of hydrogen-bond acceptors (Lipinski definition) is 3. The lowest BCUT2D eigenvalue weighted by molar-refractivity contribution is -0.140. The molecule has 0 saturated carbocycles. The van der Waals surface area contributed by atoms with E-state index in [1.807, 2.05) is 20.8 Å². The molecule has 2 rings (SSSR count). The third kappa shape index (κ3) is 5.21. The molecule has 3 amide bonds. The van der Waals surface area contributed by atoms with E-state index in [2.05, 4.69) is 0 Å². The van der Waals surface area contributed by atoms with Crippen LogP contribution in [0.25, 0.3) is 0 Å². The van der Waals surface area contributed by atoms with Crippen LogP contribution in [0.2, 0.25) is 5.02 Å². The van der Waals surface area contributed by atoms with E-state index in [9.17, 15) is 14.4 Å². The summed E-state index contributed by atoms with van der Waals surface area (Å²) in [4.78, 5) is 41.9. The molecule has 0 aliphatic carbocycles. The molecule has 1 fully saturated rings. The summed E-state index contributed by atoms with van der Waals surface area (Å²) < 4.78 is 0. The smallest absolute Gasteiger partial charge is 0.248 e. The molecule has 6 nitrogen and oxygen atoms in total. The fraction of sp³-hybridized carbons (Fsp3) is 0.526. The van der Waals surface area contributed by atoms with E-state index in [1.165, 1.54) is 9.80 Å². The lowest BCUT2D eigenvalue weighted by Crippen LogP contribution is -2.44. The Hall–Kier alpha value is -2.08. The number of benzene rings is 1. The van der Waals surface area contributed by atoms with Crippen LogP contribution in [-0.2, 0) is 14.4 Å². The summed E-state index contributed by atoms with van der Waals surface area (Å²) in [6.45, 7) is 6.69. The molecular formula is C19H26ClN3O3. The standard InChI is InChI=1S/C19H26ClN3O3/c1-4-6-17(24)21(10-14(2)3)11-18(25)22-12-19(26)23(13-22)16-8-5-7-15(20)9-16/h5,7-9,14H,4,6,10-13H2,1-3H3. The van der Waals surface area contributed by atoms with Gasteiger partial charge < -0.3 is 9.80 Å². The van der Waals surface area contributed by atoms with Crippen LogP contribution in [0.1, 0.15) is 33.6 Å². The summed E-state index contributed by atoms with van der Waals surface area (Å²) in [7, 11) is 0. The average Bonchev–Trinajstić information content (AvgIpc) is 2.96. The summed E-state index contributed by atoms with van der Waals surface area (Å²) >= 11 is 5.99. The van der Waals surface area contributed by atoms with Gasteiger partial charge in [0, 0.05) is 23.7 Å². The summed E-state index contributed by atoms with van der Waals surface area (Å²) in [5.74, 6) is -0.123. The molecule has 0 N–H and O–H groups in total. The maximum atomic E-state index is 12.7. The maximum Gasteiger partial charge on any atom is 0.248 e. The van der Waals surface area contributed by atoms with Gasteiger partial charge in [0.15, 0.2) is 0 Å². The third-order valence-electron chi connectivity index (χ3n) is 4.14. The Morgan fingerprint density at radius 2 is 2.04 bits per heavy atom. The van der Waals surface area contributed by atoms with Gasteiger partial charge >= 0.3 is 0 Å². The minimum absolute atomic E-state index is 0.00762. The van der Waals surface area contributed by atoms with Crippen LogP contribution < -0.4 is 4.90 Å². The van der Waals surface area contributed by atoms with E-state index in [0.717, 1.165) is 6.42 Å². The number of carbonyl (C=O) groups is 3. The Bertz CT molecular complexity index is 678. The van der Waals surface area contributed by atoms with Gasteiger partial charge in [-0.05, 0) is 30.5 Å². The molecule has 26 heavy (non-hydrogen) atoms. The Labute approximate surface area is 159 Å². The normalized spacial score (nSPS) is 14.3. The Morgan fingerprint density at radius 1 is 1.31 bits per heavy atom. The van der Waals surface area contributed by atoms with E-state index in [1.54, 1.807) is 29.2 Å². The first-order valence-corrected chi connectivity index (χ1v) is 9.31. The second-order valence-electron chi connectivity index (χ2n) is 6.95. The fourth-order valence-corrected chi connectivity index (χ4v) is 3.10. The molecular weight excluding hydrogens is 354 g/mol. The SMILES string of the molecule is CCCC(=O)N(CC(=O)N1CC(=O)N(c2cccc(Cl)c2)C1)CC(C)C. The minimum atomic E-state index is -0.215. The van der Waals surface area contributed by atoms with Crippen LogP contribution in [0.15, 0.2) is 24.3 Å². The minimum Gasteiger partial charge on any atom is -0.333 e. The predicted octanol–water partition coefficient (Wildman–Crippen LogP) is 2.76. The van der Waals surface area contributed by atoms with Crippen molar-refractivity contribution in [2.24, 2.45) is 5.92 Å². The quantitative estimate of drug-likeness (QED) is 0.731. The van der Waals surface area contributed by atoms with Crippen molar-refractivity contribution in [3.8, 4) is 0 Å². The van der Waals surface area contributed by atoms with Gasteiger partial charge in [-0.3, -0.25) is 19.3 Å². The van der Waals surface area contributed by atoms with Gasteiger partial charge in [-0.15, -0.1) is 0 Å². The average molecular weight is 380 g/mol. The molecule has 0 unspecified atom stereocenters. The van der Waals surface area contributed by atoms with Gasteiger partial charge in [0.1, 0.15) is 13.2 Å². The molecule has 1 aromatic carbocycles. The zero-order valence-electron chi connectivity index (χ0n) is 15.6. The first-order chi connectivity index (χ1) is 12.3. The first-order valence-electron chi connectivity index (χ1n) is 8.93. The molecule has 1 aliphatic rings. The van der Waals surface area contributed by atoms with Crippen molar-refractivity contribution in [3.63, 3.8) is 0 Å². The number of rotatable bonds is 7. The summed E-state index contributed by atoms with van der Waals surface area (Å²) in [5.41, 5.74) is 0.666. The van der Waals surface area contributed by atoms with Crippen molar-refractivity contribution >= 4 is 35.0 Å². The summed E-state index contributed by atoms with van der Waals surface area (Å²) in [5, 5.41) is 0.536. The van der Waals surface area contributed by atoms with Gasteiger partial charge in [-0.1, -0.05) is 38.4 Å². The van der Waals surface area contributed by atoms with Crippen LogP contribution in [0.5, 0.6) is 0 Å². The topological polar surface area (TPSA) is 60.9 Å². The van der Waals surface area contributed by atoms with Crippen LogP contribution in [0.3, 0.4) is 0 Å². The van der Waals surface area contributed by atoms with Crippen LogP contribution in [0.4, 0.5) is 5.69 Å². The number of nitrogens with zero attached hydrogens (tertiary/aromatic N) is 3. The molecule has 1 aliphatic heterocycles. The highest BCUT2D eigenvalue weighted by Crippen LogP contribution is 2.23. The highest BCUT2D eigenvalue weighted by atomic mass is 35.5. The molecule has 142 valence electrons. The Kier molecular flexibility index (Phi) is 7.03. The van der Waals surface area contributed by atoms with Gasteiger partial charge in [0.25, 0.3) is 0 Å². The summed E-state index contributed by atoms with van der Waals surface area (Å²) in [6, 6.07) is 6.98. The van der Waals surface area contributed by atoms with Crippen molar-refractivity contribution in [3.05, 3.63) is 29.3 Å².